The molecule has 2 saturated heterocycles. The van der Waals surface area contributed by atoms with Crippen LogP contribution in [0.15, 0.2) is 29.8 Å². The van der Waals surface area contributed by atoms with Gasteiger partial charge in [0.25, 0.3) is 0 Å². The normalized spacial score (nSPS) is 19.7. The van der Waals surface area contributed by atoms with Crippen molar-refractivity contribution in [3.63, 3.8) is 0 Å². The summed E-state index contributed by atoms with van der Waals surface area (Å²) in [5.74, 6) is 1.26. The number of morpholine rings is 1. The van der Waals surface area contributed by atoms with Gasteiger partial charge >= 0.3 is 0 Å². The lowest BCUT2D eigenvalue weighted by atomic mass is 9.93. The molecule has 2 fully saturated rings. The highest BCUT2D eigenvalue weighted by Crippen LogP contribution is 2.32. The first-order chi connectivity index (χ1) is 15.2. The number of carbonyl (C=O) groups excluding carboxylic acids is 1. The molecule has 0 amide bonds. The molecule has 5 rings (SSSR count). The van der Waals surface area contributed by atoms with Gasteiger partial charge in [-0.05, 0) is 48.6 Å². The number of anilines is 2. The number of benzene rings is 1. The second-order valence-electron chi connectivity index (χ2n) is 8.04. The van der Waals surface area contributed by atoms with Gasteiger partial charge in [0.15, 0.2) is 10.8 Å². The number of ether oxygens (including phenoxy) is 1. The summed E-state index contributed by atoms with van der Waals surface area (Å²) in [6.45, 7) is 4.90. The Morgan fingerprint density at radius 3 is 2.87 bits per heavy atom. The predicted molar refractivity (Wildman–Crippen MR) is 124 cm³/mol. The van der Waals surface area contributed by atoms with Crippen LogP contribution < -0.4 is 9.80 Å². The first kappa shape index (κ1) is 20.6. The van der Waals surface area contributed by atoms with Crippen LogP contribution in [-0.4, -0.2) is 60.1 Å². The molecule has 9 heteroatoms. The van der Waals surface area contributed by atoms with Crippen molar-refractivity contribution < 1.29 is 9.53 Å². The number of aromatic nitrogens is 3. The quantitative estimate of drug-likeness (QED) is 0.422. The Labute approximate surface area is 190 Å². The van der Waals surface area contributed by atoms with E-state index in [0.717, 1.165) is 74.6 Å². The highest BCUT2D eigenvalue weighted by atomic mass is 35.5. The average Bonchev–Trinajstić information content (AvgIpc) is 3.34. The van der Waals surface area contributed by atoms with Crippen molar-refractivity contribution in [2.24, 2.45) is 5.92 Å². The summed E-state index contributed by atoms with van der Waals surface area (Å²) in [6, 6.07) is 6.31. The number of halogens is 1. The number of thiazole rings is 1. The topological polar surface area (TPSA) is 71.5 Å². The maximum absolute atomic E-state index is 12.5. The Hall–Kier alpha value is -2.29. The Balaban J connectivity index is 1.38. The number of carbonyl (C=O) groups is 1. The lowest BCUT2D eigenvalue weighted by molar-refractivity contribution is 0.0956. The van der Waals surface area contributed by atoms with Crippen molar-refractivity contribution in [3.05, 3.63) is 40.1 Å². The molecule has 0 radical (unpaired) electrons. The molecule has 3 aromatic rings. The van der Waals surface area contributed by atoms with Crippen LogP contribution in [-0.2, 0) is 4.74 Å². The maximum Gasteiger partial charge on any atom is 0.224 e. The molecule has 1 atom stereocenters. The summed E-state index contributed by atoms with van der Waals surface area (Å²) >= 11 is 7.74. The zero-order chi connectivity index (χ0) is 21.2. The Bertz CT molecular complexity index is 1070. The lowest BCUT2D eigenvalue weighted by Crippen LogP contribution is -2.37. The van der Waals surface area contributed by atoms with Crippen molar-refractivity contribution in [2.75, 3.05) is 49.2 Å². The number of hydrogen-bond acceptors (Lipinski definition) is 8. The van der Waals surface area contributed by atoms with E-state index < -0.39 is 0 Å². The first-order valence-electron chi connectivity index (χ1n) is 10.6. The molecule has 0 saturated carbocycles. The average molecular weight is 458 g/mol. The van der Waals surface area contributed by atoms with E-state index in [0.29, 0.717) is 11.4 Å². The van der Waals surface area contributed by atoms with Crippen LogP contribution >= 0.6 is 22.9 Å². The fraction of sp³-hybridized carbons (Fsp3) is 0.455. The van der Waals surface area contributed by atoms with Gasteiger partial charge < -0.3 is 14.5 Å². The van der Waals surface area contributed by atoms with Crippen LogP contribution in [0, 0.1) is 5.92 Å². The second kappa shape index (κ2) is 9.06. The van der Waals surface area contributed by atoms with Gasteiger partial charge in [0.05, 0.1) is 18.7 Å². The third kappa shape index (κ3) is 4.51. The van der Waals surface area contributed by atoms with Gasteiger partial charge in [0, 0.05) is 55.3 Å². The van der Waals surface area contributed by atoms with E-state index in [1.807, 2.05) is 5.38 Å². The Morgan fingerprint density at radius 1 is 1.19 bits per heavy atom. The molecule has 1 unspecified atom stereocenters. The minimum atomic E-state index is 0.127. The van der Waals surface area contributed by atoms with Crippen LogP contribution in [0.1, 0.15) is 29.1 Å². The van der Waals surface area contributed by atoms with E-state index >= 15 is 0 Å². The van der Waals surface area contributed by atoms with Gasteiger partial charge in [-0.25, -0.2) is 9.97 Å². The summed E-state index contributed by atoms with van der Waals surface area (Å²) < 4.78 is 5.46. The van der Waals surface area contributed by atoms with Crippen LogP contribution in [0.5, 0.6) is 0 Å². The van der Waals surface area contributed by atoms with E-state index in [4.69, 9.17) is 16.3 Å². The van der Waals surface area contributed by atoms with Gasteiger partial charge in [-0.15, -0.1) is 11.3 Å². The molecule has 162 valence electrons. The van der Waals surface area contributed by atoms with Crippen molar-refractivity contribution in [2.45, 2.75) is 19.3 Å². The first-order valence-corrected chi connectivity index (χ1v) is 11.9. The summed E-state index contributed by atoms with van der Waals surface area (Å²) in [4.78, 5) is 30.3. The molecule has 4 heterocycles. The van der Waals surface area contributed by atoms with Gasteiger partial charge in [-0.1, -0.05) is 0 Å². The smallest absolute Gasteiger partial charge is 0.224 e. The zero-order valence-electron chi connectivity index (χ0n) is 17.2. The van der Waals surface area contributed by atoms with Gasteiger partial charge in [0.1, 0.15) is 5.82 Å². The number of Topliss-reactive ketones (excluding diaryl/α,β-unsaturated/α-hetero) is 1. The summed E-state index contributed by atoms with van der Waals surface area (Å²) in [6.07, 6.45) is 4.25. The molecule has 2 aliphatic heterocycles. The van der Waals surface area contributed by atoms with Crippen LogP contribution in [0.25, 0.3) is 10.9 Å². The maximum atomic E-state index is 12.5. The second-order valence-corrected chi connectivity index (χ2v) is 9.27. The van der Waals surface area contributed by atoms with E-state index in [-0.39, 0.29) is 17.0 Å². The highest BCUT2D eigenvalue weighted by Gasteiger charge is 2.26. The fourth-order valence-corrected chi connectivity index (χ4v) is 5.23. The minimum absolute atomic E-state index is 0.127. The molecule has 2 aromatic heterocycles. The van der Waals surface area contributed by atoms with Crippen molar-refractivity contribution >= 4 is 51.1 Å². The van der Waals surface area contributed by atoms with E-state index in [9.17, 15) is 4.79 Å². The summed E-state index contributed by atoms with van der Waals surface area (Å²) in [5, 5.41) is 3.69. The van der Waals surface area contributed by atoms with Crippen LogP contribution in [0.3, 0.4) is 0 Å². The van der Waals surface area contributed by atoms with Crippen molar-refractivity contribution in [1.82, 2.24) is 15.0 Å². The highest BCUT2D eigenvalue weighted by molar-refractivity contribution is 7.11. The van der Waals surface area contributed by atoms with Crippen LogP contribution in [0.2, 0.25) is 5.28 Å². The molecular weight excluding hydrogens is 434 g/mol. The molecule has 2 aliphatic rings. The third-order valence-electron chi connectivity index (χ3n) is 5.97. The summed E-state index contributed by atoms with van der Waals surface area (Å²) in [7, 11) is 0. The molecule has 0 N–H and O–H groups in total. The number of hydrogen-bond donors (Lipinski definition) is 0. The molecule has 0 bridgehead atoms. The third-order valence-corrected chi connectivity index (χ3v) is 6.96. The molecule has 0 aliphatic carbocycles. The molecule has 0 spiro atoms. The number of fused-ring (bicyclic) bond motifs is 1. The van der Waals surface area contributed by atoms with Gasteiger partial charge in [-0.2, -0.15) is 4.98 Å². The van der Waals surface area contributed by atoms with E-state index in [1.54, 1.807) is 6.20 Å². The molecule has 31 heavy (non-hydrogen) atoms. The van der Waals surface area contributed by atoms with Crippen molar-refractivity contribution in [3.8, 4) is 0 Å². The van der Waals surface area contributed by atoms with Crippen molar-refractivity contribution in [1.29, 1.82) is 0 Å². The SMILES string of the molecule is O=C(CC1CCCN(c2nc(Cl)nc3cc(N4CCOCC4)ccc23)C1)c1nccs1. The van der Waals surface area contributed by atoms with E-state index in [2.05, 4.69) is 43.0 Å². The van der Waals surface area contributed by atoms with Gasteiger partial charge in [-0.3, -0.25) is 4.79 Å². The number of nitrogens with zero attached hydrogens (tertiary/aromatic N) is 5. The van der Waals surface area contributed by atoms with Gasteiger partial charge in [0.2, 0.25) is 5.28 Å². The molecule has 1 aromatic carbocycles. The summed E-state index contributed by atoms with van der Waals surface area (Å²) in [5.41, 5.74) is 1.97. The van der Waals surface area contributed by atoms with Crippen LogP contribution in [0.4, 0.5) is 11.5 Å². The standard InChI is InChI=1S/C22H24ClN5O2S/c23-22-25-18-13-16(27-7-9-30-10-8-27)3-4-17(18)20(26-22)28-6-1-2-15(14-28)12-19(29)21-24-5-11-31-21/h3-5,11,13,15H,1-2,6-10,12,14H2. The Kier molecular flexibility index (Phi) is 6.02. The molecule has 7 nitrogen and oxygen atoms in total. The minimum Gasteiger partial charge on any atom is -0.378 e. The largest absolute Gasteiger partial charge is 0.378 e. The Morgan fingerprint density at radius 2 is 2.06 bits per heavy atom. The molecular formula is C22H24ClN5O2S. The zero-order valence-corrected chi connectivity index (χ0v) is 18.7. The predicted octanol–water partition coefficient (Wildman–Crippen LogP) is 4.07. The number of ketones is 1. The number of rotatable bonds is 5. The lowest BCUT2D eigenvalue weighted by Gasteiger charge is -2.34. The number of piperidine rings is 1. The van der Waals surface area contributed by atoms with E-state index in [1.165, 1.54) is 11.3 Å². The monoisotopic (exact) mass is 457 g/mol. The fourth-order valence-electron chi connectivity index (χ4n) is 4.47.